The molecule has 1 heteroatoms. The van der Waals surface area contributed by atoms with Crippen LogP contribution in [0.1, 0.15) is 20.3 Å². The summed E-state index contributed by atoms with van der Waals surface area (Å²) in [6.07, 6.45) is 0.779. The summed E-state index contributed by atoms with van der Waals surface area (Å²) in [7, 11) is 0. The summed E-state index contributed by atoms with van der Waals surface area (Å²) in [5.74, 6) is 2.41. The van der Waals surface area contributed by atoms with Crippen LogP contribution in [0.3, 0.4) is 0 Å². The highest BCUT2D eigenvalue weighted by Crippen LogP contribution is 2.62. The summed E-state index contributed by atoms with van der Waals surface area (Å²) < 4.78 is 12.6. The number of rotatable bonds is 1. The van der Waals surface area contributed by atoms with E-state index in [-0.39, 0.29) is 0 Å². The van der Waals surface area contributed by atoms with Gasteiger partial charge in [-0.2, -0.15) is 0 Å². The molecule has 9 heavy (non-hydrogen) atoms. The first-order chi connectivity index (χ1) is 4.22. The molecule has 3 rings (SSSR count). The van der Waals surface area contributed by atoms with Crippen LogP contribution in [0.5, 0.6) is 0 Å². The van der Waals surface area contributed by atoms with E-state index in [9.17, 15) is 4.39 Å². The molecule has 3 fully saturated rings. The fourth-order valence-corrected chi connectivity index (χ4v) is 2.40. The van der Waals surface area contributed by atoms with Gasteiger partial charge in [0.2, 0.25) is 0 Å². The predicted molar refractivity (Wildman–Crippen MR) is 34.8 cm³/mol. The molecule has 3 aliphatic carbocycles. The van der Waals surface area contributed by atoms with Gasteiger partial charge in [-0.3, -0.25) is 0 Å². The van der Waals surface area contributed by atoms with E-state index in [1.54, 1.807) is 0 Å². The van der Waals surface area contributed by atoms with E-state index in [0.717, 1.165) is 11.8 Å². The van der Waals surface area contributed by atoms with E-state index in [2.05, 4.69) is 13.8 Å². The Balaban J connectivity index is 1.95. The Morgan fingerprint density at radius 2 is 1.89 bits per heavy atom. The summed E-state index contributed by atoms with van der Waals surface area (Å²) in [6.45, 7) is 4.41. The smallest absolute Gasteiger partial charge is 0.106 e. The molecule has 0 aromatic rings. The van der Waals surface area contributed by atoms with Crippen LogP contribution >= 0.6 is 0 Å². The van der Waals surface area contributed by atoms with Crippen LogP contribution in [0.4, 0.5) is 4.39 Å². The van der Waals surface area contributed by atoms with Gasteiger partial charge in [0.25, 0.3) is 0 Å². The van der Waals surface area contributed by atoms with Crippen molar-refractivity contribution in [2.75, 3.05) is 0 Å². The third-order valence-corrected chi connectivity index (χ3v) is 3.12. The summed E-state index contributed by atoms with van der Waals surface area (Å²) in [6, 6.07) is 0. The Hall–Kier alpha value is -0.0700. The molecule has 2 unspecified atom stereocenters. The molecule has 0 saturated heterocycles. The van der Waals surface area contributed by atoms with E-state index < -0.39 is 6.17 Å². The van der Waals surface area contributed by atoms with Crippen molar-refractivity contribution in [2.45, 2.75) is 26.4 Å². The third kappa shape index (κ3) is 0.487. The van der Waals surface area contributed by atoms with E-state index >= 15 is 0 Å². The first-order valence-electron chi connectivity index (χ1n) is 3.86. The fourth-order valence-electron chi connectivity index (χ4n) is 2.40. The third-order valence-electron chi connectivity index (χ3n) is 3.12. The van der Waals surface area contributed by atoms with Crippen molar-refractivity contribution < 1.29 is 4.39 Å². The number of alkyl halides is 1. The molecule has 0 aliphatic heterocycles. The van der Waals surface area contributed by atoms with Crippen molar-refractivity contribution in [3.8, 4) is 0 Å². The van der Waals surface area contributed by atoms with Crippen LogP contribution in [0, 0.1) is 23.7 Å². The van der Waals surface area contributed by atoms with Gasteiger partial charge < -0.3 is 0 Å². The lowest BCUT2D eigenvalue weighted by Gasteiger charge is -2.62. The van der Waals surface area contributed by atoms with Gasteiger partial charge in [0, 0.05) is 0 Å². The summed E-state index contributed by atoms with van der Waals surface area (Å²) >= 11 is 0. The zero-order chi connectivity index (χ0) is 6.59. The molecule has 3 aliphatic rings. The molecule has 3 saturated carbocycles. The highest BCUT2D eigenvalue weighted by atomic mass is 19.1. The van der Waals surface area contributed by atoms with Crippen LogP contribution in [-0.2, 0) is 0 Å². The quantitative estimate of drug-likeness (QED) is 0.508. The van der Waals surface area contributed by atoms with Crippen molar-refractivity contribution in [3.63, 3.8) is 0 Å². The zero-order valence-electron chi connectivity index (χ0n) is 5.97. The second-order valence-electron chi connectivity index (χ2n) is 3.83. The highest BCUT2D eigenvalue weighted by Gasteiger charge is 2.62. The molecule has 52 valence electrons. The van der Waals surface area contributed by atoms with E-state index in [4.69, 9.17) is 0 Å². The Bertz CT molecular complexity index is 121. The largest absolute Gasteiger partial charge is 0.247 e. The first-order valence-corrected chi connectivity index (χ1v) is 3.86. The van der Waals surface area contributed by atoms with Gasteiger partial charge in [-0.05, 0) is 30.1 Å². The van der Waals surface area contributed by atoms with Gasteiger partial charge in [-0.1, -0.05) is 13.8 Å². The first kappa shape index (κ1) is 5.70. The Morgan fingerprint density at radius 1 is 1.33 bits per heavy atom. The van der Waals surface area contributed by atoms with E-state index in [0.29, 0.717) is 11.8 Å². The molecule has 0 aromatic carbocycles. The lowest BCUT2D eigenvalue weighted by atomic mass is 9.44. The number of hydrogen-bond donors (Lipinski definition) is 0. The molecule has 0 N–H and O–H groups in total. The standard InChI is InChI=1S/C8H13F/c1-4(2)7-5-3-6(7)8(5)9/h4-8H,3H2,1-2H3. The molecule has 0 amide bonds. The predicted octanol–water partition coefficient (Wildman–Crippen LogP) is 2.25. The molecular weight excluding hydrogens is 115 g/mol. The highest BCUT2D eigenvalue weighted by molar-refractivity contribution is 5.10. The number of halogens is 1. The summed E-state index contributed by atoms with van der Waals surface area (Å²) in [4.78, 5) is 0. The lowest BCUT2D eigenvalue weighted by Crippen LogP contribution is -2.63. The number of hydrogen-bond acceptors (Lipinski definition) is 0. The zero-order valence-corrected chi connectivity index (χ0v) is 5.97. The van der Waals surface area contributed by atoms with E-state index in [1.165, 1.54) is 6.42 Å². The Morgan fingerprint density at radius 3 is 2.00 bits per heavy atom. The van der Waals surface area contributed by atoms with Crippen molar-refractivity contribution >= 4 is 0 Å². The van der Waals surface area contributed by atoms with Crippen LogP contribution in [0.2, 0.25) is 0 Å². The summed E-state index contributed by atoms with van der Waals surface area (Å²) in [5, 5.41) is 0. The van der Waals surface area contributed by atoms with Gasteiger partial charge in [0.1, 0.15) is 6.17 Å². The minimum absolute atomic E-state index is 0.405. The second-order valence-corrected chi connectivity index (χ2v) is 3.83. The average Bonchev–Trinajstić information content (AvgIpc) is 1.58. The minimum atomic E-state index is -0.405. The minimum Gasteiger partial charge on any atom is -0.247 e. The topological polar surface area (TPSA) is 0 Å². The molecule has 0 radical (unpaired) electrons. The maximum atomic E-state index is 12.6. The van der Waals surface area contributed by atoms with Crippen LogP contribution in [0.25, 0.3) is 0 Å². The van der Waals surface area contributed by atoms with Crippen LogP contribution in [0.15, 0.2) is 0 Å². The van der Waals surface area contributed by atoms with Crippen LogP contribution < -0.4 is 0 Å². The average molecular weight is 128 g/mol. The van der Waals surface area contributed by atoms with Gasteiger partial charge in [0.05, 0.1) is 0 Å². The molecule has 0 spiro atoms. The molecule has 2 bridgehead atoms. The van der Waals surface area contributed by atoms with Crippen LogP contribution in [-0.4, -0.2) is 6.17 Å². The molecule has 0 heterocycles. The maximum Gasteiger partial charge on any atom is 0.106 e. The van der Waals surface area contributed by atoms with Crippen molar-refractivity contribution in [1.29, 1.82) is 0 Å². The maximum absolute atomic E-state index is 12.6. The van der Waals surface area contributed by atoms with Gasteiger partial charge >= 0.3 is 0 Å². The normalized spacial score (nSPS) is 54.7. The molecular formula is C8H13F. The van der Waals surface area contributed by atoms with Gasteiger partial charge in [-0.25, -0.2) is 4.39 Å². The fraction of sp³-hybridized carbons (Fsp3) is 1.00. The Labute approximate surface area is 55.4 Å². The van der Waals surface area contributed by atoms with Crippen molar-refractivity contribution in [1.82, 2.24) is 0 Å². The Kier molecular flexibility index (Phi) is 0.950. The van der Waals surface area contributed by atoms with Gasteiger partial charge in [-0.15, -0.1) is 0 Å². The SMILES string of the molecule is CC(C)C1C2CC1C2F. The van der Waals surface area contributed by atoms with Crippen molar-refractivity contribution in [2.24, 2.45) is 23.7 Å². The molecule has 2 atom stereocenters. The lowest BCUT2D eigenvalue weighted by molar-refractivity contribution is -0.191. The van der Waals surface area contributed by atoms with E-state index in [1.807, 2.05) is 0 Å². The molecule has 0 nitrogen and oxygen atoms in total. The molecule has 0 aromatic heterocycles. The monoisotopic (exact) mass is 128 g/mol. The van der Waals surface area contributed by atoms with Gasteiger partial charge in [0.15, 0.2) is 0 Å². The van der Waals surface area contributed by atoms with Crippen molar-refractivity contribution in [3.05, 3.63) is 0 Å². The summed E-state index contributed by atoms with van der Waals surface area (Å²) in [5.41, 5.74) is 0. The second kappa shape index (κ2) is 1.50.